The summed E-state index contributed by atoms with van der Waals surface area (Å²) in [6, 6.07) is 5.41. The first kappa shape index (κ1) is 13.6. The van der Waals surface area contributed by atoms with Gasteiger partial charge in [-0.3, -0.25) is 0 Å². The lowest BCUT2D eigenvalue weighted by Crippen LogP contribution is -2.31. The van der Waals surface area contributed by atoms with Gasteiger partial charge in [0, 0.05) is 24.2 Å². The van der Waals surface area contributed by atoms with Gasteiger partial charge in [0.15, 0.2) is 0 Å². The van der Waals surface area contributed by atoms with E-state index in [0.717, 1.165) is 16.6 Å². The third kappa shape index (κ3) is 4.60. The molecule has 0 aliphatic rings. The molecule has 0 aromatic heterocycles. The molecule has 16 heavy (non-hydrogen) atoms. The highest BCUT2D eigenvalue weighted by molar-refractivity contribution is 9.10. The first-order chi connectivity index (χ1) is 7.63. The molecule has 1 rings (SSSR count). The van der Waals surface area contributed by atoms with Crippen molar-refractivity contribution in [3.05, 3.63) is 34.1 Å². The van der Waals surface area contributed by atoms with Crippen molar-refractivity contribution in [2.45, 2.75) is 19.4 Å². The van der Waals surface area contributed by atoms with Crippen molar-refractivity contribution in [1.82, 2.24) is 5.32 Å². The van der Waals surface area contributed by atoms with Crippen LogP contribution in [0, 0.1) is 5.82 Å². The van der Waals surface area contributed by atoms with Crippen molar-refractivity contribution in [2.75, 3.05) is 20.3 Å². The molecule has 2 nitrogen and oxygen atoms in total. The van der Waals surface area contributed by atoms with E-state index in [-0.39, 0.29) is 11.9 Å². The Morgan fingerprint density at radius 1 is 1.50 bits per heavy atom. The van der Waals surface area contributed by atoms with Crippen LogP contribution in [0.3, 0.4) is 0 Å². The van der Waals surface area contributed by atoms with Gasteiger partial charge in [-0.1, -0.05) is 22.0 Å². The second-order valence-electron chi connectivity index (χ2n) is 3.79. The summed E-state index contributed by atoms with van der Waals surface area (Å²) < 4.78 is 19.2. The Morgan fingerprint density at radius 2 is 2.25 bits per heavy atom. The molecule has 0 aliphatic heterocycles. The molecular formula is C12H17BrFNO. The number of halogens is 2. The number of ether oxygens (including phenoxy) is 1. The zero-order valence-electron chi connectivity index (χ0n) is 9.59. The van der Waals surface area contributed by atoms with Crippen LogP contribution in [-0.4, -0.2) is 26.3 Å². The zero-order valence-corrected chi connectivity index (χ0v) is 11.2. The van der Waals surface area contributed by atoms with Crippen molar-refractivity contribution in [2.24, 2.45) is 0 Å². The molecule has 1 unspecified atom stereocenters. The lowest BCUT2D eigenvalue weighted by atomic mass is 10.1. The second-order valence-corrected chi connectivity index (χ2v) is 4.70. The number of rotatable bonds is 6. The van der Waals surface area contributed by atoms with Gasteiger partial charge >= 0.3 is 0 Å². The van der Waals surface area contributed by atoms with E-state index < -0.39 is 0 Å². The van der Waals surface area contributed by atoms with E-state index in [0.29, 0.717) is 13.0 Å². The minimum atomic E-state index is -0.158. The van der Waals surface area contributed by atoms with Crippen LogP contribution in [0.25, 0.3) is 0 Å². The minimum absolute atomic E-state index is 0.158. The molecule has 0 saturated heterocycles. The molecule has 0 aliphatic carbocycles. The van der Waals surface area contributed by atoms with Gasteiger partial charge in [0.1, 0.15) is 5.82 Å². The normalized spacial score (nSPS) is 12.8. The lowest BCUT2D eigenvalue weighted by Gasteiger charge is -2.14. The summed E-state index contributed by atoms with van der Waals surface area (Å²) in [6.07, 6.45) is 0.683. The second kappa shape index (κ2) is 6.99. The summed E-state index contributed by atoms with van der Waals surface area (Å²) in [7, 11) is 1.67. The Kier molecular flexibility index (Phi) is 5.95. The summed E-state index contributed by atoms with van der Waals surface area (Å²) in [5.74, 6) is -0.158. The molecule has 0 spiro atoms. The van der Waals surface area contributed by atoms with Crippen LogP contribution in [0.1, 0.15) is 12.5 Å². The molecule has 1 atom stereocenters. The van der Waals surface area contributed by atoms with E-state index in [2.05, 4.69) is 21.2 Å². The summed E-state index contributed by atoms with van der Waals surface area (Å²) in [6.45, 7) is 3.50. The highest BCUT2D eigenvalue weighted by Gasteiger charge is 2.07. The monoisotopic (exact) mass is 289 g/mol. The third-order valence-electron chi connectivity index (χ3n) is 2.34. The molecule has 1 aromatic carbocycles. The molecule has 1 N–H and O–H groups in total. The number of benzene rings is 1. The fourth-order valence-electron chi connectivity index (χ4n) is 1.50. The number of hydrogen-bond acceptors (Lipinski definition) is 2. The number of nitrogens with one attached hydrogen (secondary N) is 1. The van der Waals surface area contributed by atoms with Gasteiger partial charge in [0.25, 0.3) is 0 Å². The molecule has 1 aromatic rings. The van der Waals surface area contributed by atoms with Gasteiger partial charge < -0.3 is 10.1 Å². The molecule has 0 heterocycles. The van der Waals surface area contributed by atoms with Crippen molar-refractivity contribution in [3.8, 4) is 0 Å². The van der Waals surface area contributed by atoms with Crippen molar-refractivity contribution in [3.63, 3.8) is 0 Å². The smallest absolute Gasteiger partial charge is 0.127 e. The molecule has 0 saturated carbocycles. The molecule has 90 valence electrons. The first-order valence-electron chi connectivity index (χ1n) is 5.29. The predicted octanol–water partition coefficient (Wildman–Crippen LogP) is 2.76. The fraction of sp³-hybridized carbons (Fsp3) is 0.500. The van der Waals surface area contributed by atoms with Crippen LogP contribution in [0.4, 0.5) is 4.39 Å². The highest BCUT2D eigenvalue weighted by Crippen LogP contribution is 2.16. The van der Waals surface area contributed by atoms with Gasteiger partial charge in [-0.05, 0) is 31.0 Å². The summed E-state index contributed by atoms with van der Waals surface area (Å²) in [5.41, 5.74) is 0.737. The Bertz CT molecular complexity index is 333. The van der Waals surface area contributed by atoms with Gasteiger partial charge in [-0.15, -0.1) is 0 Å². The standard InChI is InChI=1S/C12H17BrFNO/c1-9(15-5-6-16-2)7-10-3-4-11(13)8-12(10)14/h3-4,8-9,15H,5-7H2,1-2H3. The van der Waals surface area contributed by atoms with Gasteiger partial charge in [0.2, 0.25) is 0 Å². The van der Waals surface area contributed by atoms with E-state index in [1.165, 1.54) is 6.07 Å². The van der Waals surface area contributed by atoms with Crippen LogP contribution >= 0.6 is 15.9 Å². The Hall–Kier alpha value is -0.450. The van der Waals surface area contributed by atoms with Crippen LogP contribution in [0.2, 0.25) is 0 Å². The topological polar surface area (TPSA) is 21.3 Å². The SMILES string of the molecule is COCCNC(C)Cc1ccc(Br)cc1F. The average Bonchev–Trinajstić information content (AvgIpc) is 2.23. The maximum atomic E-state index is 13.5. The van der Waals surface area contributed by atoms with E-state index in [9.17, 15) is 4.39 Å². The van der Waals surface area contributed by atoms with Gasteiger partial charge in [-0.2, -0.15) is 0 Å². The van der Waals surface area contributed by atoms with Crippen LogP contribution in [-0.2, 0) is 11.2 Å². The summed E-state index contributed by atoms with van der Waals surface area (Å²) in [5, 5.41) is 3.27. The zero-order chi connectivity index (χ0) is 12.0. The van der Waals surface area contributed by atoms with Crippen molar-refractivity contribution >= 4 is 15.9 Å². The largest absolute Gasteiger partial charge is 0.383 e. The highest BCUT2D eigenvalue weighted by atomic mass is 79.9. The maximum absolute atomic E-state index is 13.5. The minimum Gasteiger partial charge on any atom is -0.383 e. The predicted molar refractivity (Wildman–Crippen MR) is 67.1 cm³/mol. The van der Waals surface area contributed by atoms with Crippen LogP contribution in [0.5, 0.6) is 0 Å². The first-order valence-corrected chi connectivity index (χ1v) is 6.09. The Morgan fingerprint density at radius 3 is 2.88 bits per heavy atom. The Balaban J connectivity index is 2.46. The van der Waals surface area contributed by atoms with Crippen molar-refractivity contribution < 1.29 is 9.13 Å². The molecule has 4 heteroatoms. The Labute approximate surface area is 104 Å². The molecule has 0 fully saturated rings. The molecule has 0 amide bonds. The van der Waals surface area contributed by atoms with E-state index in [4.69, 9.17) is 4.74 Å². The van der Waals surface area contributed by atoms with Crippen LogP contribution < -0.4 is 5.32 Å². The van der Waals surface area contributed by atoms with Crippen molar-refractivity contribution in [1.29, 1.82) is 0 Å². The molecular weight excluding hydrogens is 273 g/mol. The number of methoxy groups -OCH3 is 1. The van der Waals surface area contributed by atoms with E-state index in [1.807, 2.05) is 19.1 Å². The number of hydrogen-bond donors (Lipinski definition) is 1. The van der Waals surface area contributed by atoms with Gasteiger partial charge in [0.05, 0.1) is 6.61 Å². The van der Waals surface area contributed by atoms with Gasteiger partial charge in [-0.25, -0.2) is 4.39 Å². The van der Waals surface area contributed by atoms with E-state index in [1.54, 1.807) is 7.11 Å². The quantitative estimate of drug-likeness (QED) is 0.813. The average molecular weight is 290 g/mol. The van der Waals surface area contributed by atoms with Crippen LogP contribution in [0.15, 0.2) is 22.7 Å². The maximum Gasteiger partial charge on any atom is 0.127 e. The summed E-state index contributed by atoms with van der Waals surface area (Å²) >= 11 is 3.24. The third-order valence-corrected chi connectivity index (χ3v) is 2.83. The molecule has 0 radical (unpaired) electrons. The lowest BCUT2D eigenvalue weighted by molar-refractivity contribution is 0.196. The molecule has 0 bridgehead atoms. The summed E-state index contributed by atoms with van der Waals surface area (Å²) in [4.78, 5) is 0. The fourth-order valence-corrected chi connectivity index (χ4v) is 1.83. The van der Waals surface area contributed by atoms with E-state index >= 15 is 0 Å².